The summed E-state index contributed by atoms with van der Waals surface area (Å²) < 4.78 is 0. The van der Waals surface area contributed by atoms with E-state index in [4.69, 9.17) is 5.11 Å². The van der Waals surface area contributed by atoms with Crippen molar-refractivity contribution in [1.29, 1.82) is 0 Å². The summed E-state index contributed by atoms with van der Waals surface area (Å²) in [6, 6.07) is 10.2. The number of hydrogen-bond donors (Lipinski definition) is 2. The van der Waals surface area contributed by atoms with Crippen molar-refractivity contribution in [1.82, 2.24) is 5.32 Å². The summed E-state index contributed by atoms with van der Waals surface area (Å²) >= 11 is 0. The Balaban J connectivity index is 2.24. The molecule has 0 radical (unpaired) electrons. The minimum absolute atomic E-state index is 0.0706. The zero-order valence-corrected chi connectivity index (χ0v) is 10.4. The topological polar surface area (TPSA) is 49.3 Å². The van der Waals surface area contributed by atoms with Gasteiger partial charge in [0.15, 0.2) is 0 Å². The number of hydrogen-bond acceptors (Lipinski definition) is 2. The lowest BCUT2D eigenvalue weighted by atomic mass is 10.0. The smallest absolute Gasteiger partial charge is 0.220 e. The van der Waals surface area contributed by atoms with Gasteiger partial charge in [-0.2, -0.15) is 0 Å². The SMILES string of the molecule is CC(CNC(=O)CCCCO)c1ccccc1. The van der Waals surface area contributed by atoms with Crippen LogP contribution in [0.5, 0.6) is 0 Å². The summed E-state index contributed by atoms with van der Waals surface area (Å²) in [6.45, 7) is 2.93. The van der Waals surface area contributed by atoms with Crippen LogP contribution in [0.25, 0.3) is 0 Å². The third-order valence-corrected chi connectivity index (χ3v) is 2.79. The average Bonchev–Trinajstić information content (AvgIpc) is 2.37. The Hall–Kier alpha value is -1.35. The van der Waals surface area contributed by atoms with Gasteiger partial charge in [-0.25, -0.2) is 0 Å². The van der Waals surface area contributed by atoms with Crippen molar-refractivity contribution in [3.05, 3.63) is 35.9 Å². The highest BCUT2D eigenvalue weighted by Gasteiger charge is 2.06. The molecule has 1 rings (SSSR count). The number of aliphatic hydroxyl groups excluding tert-OH is 1. The fourth-order valence-corrected chi connectivity index (χ4v) is 1.65. The van der Waals surface area contributed by atoms with Crippen molar-refractivity contribution < 1.29 is 9.90 Å². The molecule has 0 aliphatic heterocycles. The molecular formula is C14H21NO2. The van der Waals surface area contributed by atoms with Crippen LogP contribution in [0.1, 0.15) is 37.7 Å². The van der Waals surface area contributed by atoms with E-state index in [9.17, 15) is 4.79 Å². The second-order valence-corrected chi connectivity index (χ2v) is 4.30. The van der Waals surface area contributed by atoms with E-state index in [1.807, 2.05) is 18.2 Å². The highest BCUT2D eigenvalue weighted by atomic mass is 16.2. The number of carbonyl (C=O) groups excluding carboxylic acids is 1. The Kier molecular flexibility index (Phi) is 6.33. The van der Waals surface area contributed by atoms with Crippen molar-refractivity contribution in [3.63, 3.8) is 0 Å². The molecule has 17 heavy (non-hydrogen) atoms. The number of nitrogens with one attached hydrogen (secondary N) is 1. The number of amides is 1. The highest BCUT2D eigenvalue weighted by molar-refractivity contribution is 5.75. The Morgan fingerprint density at radius 1 is 1.29 bits per heavy atom. The first-order chi connectivity index (χ1) is 8.24. The molecule has 2 N–H and O–H groups in total. The van der Waals surface area contributed by atoms with Crippen LogP contribution >= 0.6 is 0 Å². The molecule has 1 aromatic carbocycles. The lowest BCUT2D eigenvalue weighted by Gasteiger charge is -2.12. The van der Waals surface area contributed by atoms with Crippen molar-refractivity contribution in [2.45, 2.75) is 32.1 Å². The standard InChI is InChI=1S/C14H21NO2/c1-12(13-7-3-2-4-8-13)11-15-14(17)9-5-6-10-16/h2-4,7-8,12,16H,5-6,9-11H2,1H3,(H,15,17). The average molecular weight is 235 g/mol. The van der Waals surface area contributed by atoms with E-state index in [2.05, 4.69) is 24.4 Å². The van der Waals surface area contributed by atoms with E-state index < -0.39 is 0 Å². The molecule has 0 aromatic heterocycles. The number of rotatable bonds is 7. The van der Waals surface area contributed by atoms with E-state index in [1.54, 1.807) is 0 Å². The van der Waals surface area contributed by atoms with Gasteiger partial charge in [0.25, 0.3) is 0 Å². The molecule has 0 heterocycles. The number of unbranched alkanes of at least 4 members (excludes halogenated alkanes) is 1. The Morgan fingerprint density at radius 3 is 2.65 bits per heavy atom. The monoisotopic (exact) mass is 235 g/mol. The molecule has 1 atom stereocenters. The van der Waals surface area contributed by atoms with Gasteiger partial charge in [-0.05, 0) is 24.3 Å². The van der Waals surface area contributed by atoms with E-state index in [1.165, 1.54) is 5.56 Å². The first-order valence-corrected chi connectivity index (χ1v) is 6.16. The summed E-state index contributed by atoms with van der Waals surface area (Å²) in [5.74, 6) is 0.402. The molecular weight excluding hydrogens is 214 g/mol. The van der Waals surface area contributed by atoms with Gasteiger partial charge in [-0.1, -0.05) is 37.3 Å². The summed E-state index contributed by atoms with van der Waals surface area (Å²) in [5, 5.41) is 11.5. The summed E-state index contributed by atoms with van der Waals surface area (Å²) in [6.07, 6.45) is 1.95. The minimum Gasteiger partial charge on any atom is -0.396 e. The van der Waals surface area contributed by atoms with Gasteiger partial charge in [0, 0.05) is 19.6 Å². The molecule has 94 valence electrons. The molecule has 0 bridgehead atoms. The fraction of sp³-hybridized carbons (Fsp3) is 0.500. The molecule has 0 saturated heterocycles. The lowest BCUT2D eigenvalue weighted by molar-refractivity contribution is -0.121. The minimum atomic E-state index is 0.0706. The highest BCUT2D eigenvalue weighted by Crippen LogP contribution is 2.12. The van der Waals surface area contributed by atoms with Gasteiger partial charge in [0.2, 0.25) is 5.91 Å². The maximum Gasteiger partial charge on any atom is 0.220 e. The molecule has 1 aromatic rings. The normalized spacial score (nSPS) is 12.1. The van der Waals surface area contributed by atoms with Gasteiger partial charge in [0.05, 0.1) is 0 Å². The van der Waals surface area contributed by atoms with Crippen LogP contribution in [0.15, 0.2) is 30.3 Å². The quantitative estimate of drug-likeness (QED) is 0.711. The Morgan fingerprint density at radius 2 is 2.00 bits per heavy atom. The van der Waals surface area contributed by atoms with Gasteiger partial charge >= 0.3 is 0 Å². The van der Waals surface area contributed by atoms with Gasteiger partial charge < -0.3 is 10.4 Å². The first kappa shape index (κ1) is 13.7. The fourth-order valence-electron chi connectivity index (χ4n) is 1.65. The van der Waals surface area contributed by atoms with Crippen LogP contribution in [0.4, 0.5) is 0 Å². The molecule has 0 spiro atoms. The van der Waals surface area contributed by atoms with E-state index in [0.717, 1.165) is 6.42 Å². The van der Waals surface area contributed by atoms with Crippen LogP contribution in [-0.2, 0) is 4.79 Å². The number of carbonyl (C=O) groups is 1. The van der Waals surface area contributed by atoms with Crippen molar-refractivity contribution in [3.8, 4) is 0 Å². The first-order valence-electron chi connectivity index (χ1n) is 6.16. The molecule has 3 nitrogen and oxygen atoms in total. The van der Waals surface area contributed by atoms with Crippen molar-refractivity contribution in [2.75, 3.05) is 13.2 Å². The van der Waals surface area contributed by atoms with Gasteiger partial charge in [0.1, 0.15) is 0 Å². The van der Waals surface area contributed by atoms with Crippen LogP contribution < -0.4 is 5.32 Å². The summed E-state index contributed by atoms with van der Waals surface area (Å²) in [5.41, 5.74) is 1.24. The van der Waals surface area contributed by atoms with Gasteiger partial charge in [-0.15, -0.1) is 0 Å². The number of benzene rings is 1. The van der Waals surface area contributed by atoms with Crippen molar-refractivity contribution >= 4 is 5.91 Å². The number of aliphatic hydroxyl groups is 1. The Bertz CT molecular complexity index is 324. The van der Waals surface area contributed by atoms with E-state index in [0.29, 0.717) is 25.3 Å². The second-order valence-electron chi connectivity index (χ2n) is 4.30. The zero-order chi connectivity index (χ0) is 12.5. The predicted octanol–water partition coefficient (Wildman–Crippen LogP) is 2.07. The molecule has 0 saturated carbocycles. The van der Waals surface area contributed by atoms with Gasteiger partial charge in [-0.3, -0.25) is 4.79 Å². The predicted molar refractivity (Wildman–Crippen MR) is 68.8 cm³/mol. The van der Waals surface area contributed by atoms with Crippen molar-refractivity contribution in [2.24, 2.45) is 0 Å². The third-order valence-electron chi connectivity index (χ3n) is 2.79. The molecule has 3 heteroatoms. The zero-order valence-electron chi connectivity index (χ0n) is 10.4. The van der Waals surface area contributed by atoms with Crippen LogP contribution in [0.2, 0.25) is 0 Å². The third kappa shape index (κ3) is 5.50. The lowest BCUT2D eigenvalue weighted by Crippen LogP contribution is -2.27. The Labute approximate surface area is 103 Å². The largest absolute Gasteiger partial charge is 0.396 e. The second kappa shape index (κ2) is 7.85. The maximum absolute atomic E-state index is 11.5. The summed E-state index contributed by atoms with van der Waals surface area (Å²) in [4.78, 5) is 11.5. The van der Waals surface area contributed by atoms with E-state index >= 15 is 0 Å². The molecule has 1 unspecified atom stereocenters. The maximum atomic E-state index is 11.5. The van der Waals surface area contributed by atoms with Crippen LogP contribution in [0.3, 0.4) is 0 Å². The van der Waals surface area contributed by atoms with Crippen LogP contribution in [-0.4, -0.2) is 24.2 Å². The molecule has 1 amide bonds. The molecule has 0 aliphatic rings. The molecule has 0 fully saturated rings. The summed E-state index contributed by atoms with van der Waals surface area (Å²) in [7, 11) is 0. The molecule has 0 aliphatic carbocycles. The van der Waals surface area contributed by atoms with Crippen LogP contribution in [0, 0.1) is 0 Å². The van der Waals surface area contributed by atoms with E-state index in [-0.39, 0.29) is 12.5 Å².